The van der Waals surface area contributed by atoms with Crippen LogP contribution >= 0.6 is 0 Å². The second-order valence-electron chi connectivity index (χ2n) is 10.6. The topological polar surface area (TPSA) is 181 Å². The molecule has 1 amide bonds. The Balaban J connectivity index is 1.40. The van der Waals surface area contributed by atoms with Crippen LogP contribution in [0.1, 0.15) is 45.7 Å². The number of anilines is 1. The molecule has 0 saturated heterocycles. The smallest absolute Gasteiger partial charge is 0.297 e. The molecular formula is C31H25N9O5S. The van der Waals surface area contributed by atoms with E-state index in [4.69, 9.17) is 9.88 Å². The van der Waals surface area contributed by atoms with Gasteiger partial charge in [0.15, 0.2) is 11.5 Å². The zero-order valence-corrected chi connectivity index (χ0v) is 25.2. The lowest BCUT2D eigenvalue weighted by molar-refractivity contribution is 0.0940. The van der Waals surface area contributed by atoms with Crippen LogP contribution in [0, 0.1) is 11.8 Å². The molecule has 15 heteroatoms. The van der Waals surface area contributed by atoms with Crippen molar-refractivity contribution < 1.29 is 17.9 Å². The number of hydrogen-bond acceptors (Lipinski definition) is 8. The number of fused-ring (bicyclic) bond motifs is 1. The van der Waals surface area contributed by atoms with Crippen molar-refractivity contribution in [3.8, 4) is 23.3 Å². The van der Waals surface area contributed by atoms with Crippen molar-refractivity contribution in [2.45, 2.75) is 19.6 Å². The van der Waals surface area contributed by atoms with Crippen LogP contribution in [0.25, 0.3) is 22.1 Å². The molecule has 46 heavy (non-hydrogen) atoms. The number of rotatable bonds is 6. The molecule has 1 aliphatic rings. The number of nitrogens with two attached hydrogens (primary N) is 1. The Kier molecular flexibility index (Phi) is 6.80. The molecule has 0 bridgehead atoms. The van der Waals surface area contributed by atoms with E-state index in [1.165, 1.54) is 16.9 Å². The molecule has 0 spiro atoms. The van der Waals surface area contributed by atoms with Gasteiger partial charge in [0.05, 0.1) is 28.9 Å². The van der Waals surface area contributed by atoms with Gasteiger partial charge in [-0.3, -0.25) is 23.6 Å². The van der Waals surface area contributed by atoms with Crippen LogP contribution in [0.3, 0.4) is 0 Å². The molecule has 5 heterocycles. The molecule has 4 N–H and O–H groups in total. The van der Waals surface area contributed by atoms with Gasteiger partial charge in [0.1, 0.15) is 17.9 Å². The van der Waals surface area contributed by atoms with Gasteiger partial charge in [-0.05, 0) is 37.3 Å². The normalized spacial score (nSPS) is 12.8. The van der Waals surface area contributed by atoms with Crippen LogP contribution in [0.5, 0.6) is 5.75 Å². The minimum absolute atomic E-state index is 0.101. The molecule has 6 aromatic rings. The Morgan fingerprint density at radius 1 is 1.11 bits per heavy atom. The summed E-state index contributed by atoms with van der Waals surface area (Å²) in [5, 5.41) is 17.4. The van der Waals surface area contributed by atoms with Crippen molar-refractivity contribution >= 4 is 38.4 Å². The maximum atomic E-state index is 14.5. The zero-order valence-electron chi connectivity index (χ0n) is 24.4. The molecule has 4 aromatic heterocycles. The maximum absolute atomic E-state index is 14.5. The fourth-order valence-electron chi connectivity index (χ4n) is 5.66. The number of pyridine rings is 1. The summed E-state index contributed by atoms with van der Waals surface area (Å²) < 4.78 is 36.4. The van der Waals surface area contributed by atoms with Gasteiger partial charge >= 0.3 is 0 Å². The van der Waals surface area contributed by atoms with Gasteiger partial charge < -0.3 is 10.1 Å². The third kappa shape index (κ3) is 5.01. The third-order valence-electron chi connectivity index (χ3n) is 7.49. The summed E-state index contributed by atoms with van der Waals surface area (Å²) in [7, 11) is -2.48. The highest BCUT2D eigenvalue weighted by molar-refractivity contribution is 7.90. The van der Waals surface area contributed by atoms with E-state index >= 15 is 0 Å². The molecule has 0 fully saturated rings. The van der Waals surface area contributed by atoms with Gasteiger partial charge in [0, 0.05) is 47.8 Å². The van der Waals surface area contributed by atoms with E-state index in [2.05, 4.69) is 37.1 Å². The summed E-state index contributed by atoms with van der Waals surface area (Å²) in [5.74, 6) is 5.76. The zero-order chi connectivity index (χ0) is 32.2. The van der Waals surface area contributed by atoms with E-state index in [0.29, 0.717) is 44.6 Å². The highest BCUT2D eigenvalue weighted by Crippen LogP contribution is 2.39. The first-order chi connectivity index (χ1) is 22.1. The van der Waals surface area contributed by atoms with Gasteiger partial charge in [-0.1, -0.05) is 30.0 Å². The number of carbonyl (C=O) groups is 1. The predicted octanol–water partition coefficient (Wildman–Crippen LogP) is 2.17. The van der Waals surface area contributed by atoms with Crippen LogP contribution in [0.4, 0.5) is 5.82 Å². The molecule has 0 radical (unpaired) electrons. The number of carbonyl (C=O) groups excluding carboxylic acids is 1. The first kappa shape index (κ1) is 28.8. The van der Waals surface area contributed by atoms with E-state index < -0.39 is 22.2 Å². The summed E-state index contributed by atoms with van der Waals surface area (Å²) in [4.78, 5) is 32.6. The summed E-state index contributed by atoms with van der Waals surface area (Å²) in [6.07, 6.45) is 6.39. The molecule has 0 unspecified atom stereocenters. The van der Waals surface area contributed by atoms with Gasteiger partial charge in [0.2, 0.25) is 0 Å². The molecule has 1 aliphatic heterocycles. The van der Waals surface area contributed by atoms with Crippen LogP contribution in [-0.4, -0.2) is 43.3 Å². The standard InChI is InChI=1S/C31H25N9O5S/c1-18(35-30(41)26-28(37-46(32,43)44)36-39-14-6-13-33-29(26)39)27-22-17-45-23-12-11-20(10-9-19-15-34-38(2)16-19)24(25(22)23)31(42)40(27)21-7-4-3-5-8-21/h3-8,11-16,18H,17H2,1-2H3,(H,35,41)(H,36,37)(H2,32,43,44)/t18-/m1/s1. The van der Waals surface area contributed by atoms with Crippen LogP contribution in [0.15, 0.2) is 78.1 Å². The number of aromatic nitrogens is 6. The van der Waals surface area contributed by atoms with Gasteiger partial charge in [-0.25, -0.2) is 14.6 Å². The lowest BCUT2D eigenvalue weighted by Crippen LogP contribution is -2.34. The molecule has 230 valence electrons. The number of ether oxygens (including phenoxy) is 1. The molecular weight excluding hydrogens is 610 g/mol. The maximum Gasteiger partial charge on any atom is 0.297 e. The molecule has 0 aliphatic carbocycles. The highest BCUT2D eigenvalue weighted by atomic mass is 32.2. The molecule has 14 nitrogen and oxygen atoms in total. The average molecular weight is 636 g/mol. The number of nitrogens with one attached hydrogen (secondary N) is 2. The predicted molar refractivity (Wildman–Crippen MR) is 169 cm³/mol. The number of para-hydroxylation sites is 1. The Labute approximate surface area is 261 Å². The van der Waals surface area contributed by atoms with Crippen LogP contribution < -0.4 is 25.5 Å². The van der Waals surface area contributed by atoms with E-state index in [-0.39, 0.29) is 29.2 Å². The largest absolute Gasteiger partial charge is 0.488 e. The molecule has 1 atom stereocenters. The van der Waals surface area contributed by atoms with Gasteiger partial charge in [-0.15, -0.1) is 5.10 Å². The number of hydrogen-bond donors (Lipinski definition) is 3. The fraction of sp³-hybridized carbons (Fsp3) is 0.129. The number of nitrogens with zero attached hydrogens (tertiary/aromatic N) is 6. The Hall–Kier alpha value is -5.98. The lowest BCUT2D eigenvalue weighted by atomic mass is 9.97. The fourth-order valence-corrected chi connectivity index (χ4v) is 6.08. The van der Waals surface area contributed by atoms with E-state index in [9.17, 15) is 18.0 Å². The molecule has 7 rings (SSSR count). The van der Waals surface area contributed by atoms with Crippen molar-refractivity contribution in [2.24, 2.45) is 12.2 Å². The van der Waals surface area contributed by atoms with Crippen molar-refractivity contribution in [1.82, 2.24) is 34.3 Å². The van der Waals surface area contributed by atoms with Gasteiger partial charge in [-0.2, -0.15) is 13.5 Å². The minimum atomic E-state index is -4.27. The Bertz CT molecular complexity index is 2440. The summed E-state index contributed by atoms with van der Waals surface area (Å²) in [5.41, 5.74) is 2.58. The molecule has 2 aromatic carbocycles. The second-order valence-corrected chi connectivity index (χ2v) is 11.9. The number of amides is 1. The first-order valence-electron chi connectivity index (χ1n) is 14.0. The highest BCUT2D eigenvalue weighted by Gasteiger charge is 2.31. The van der Waals surface area contributed by atoms with Gasteiger partial charge in [0.25, 0.3) is 21.7 Å². The third-order valence-corrected chi connectivity index (χ3v) is 7.97. The molecule has 0 saturated carbocycles. The second kappa shape index (κ2) is 10.9. The van der Waals surface area contributed by atoms with Crippen molar-refractivity contribution in [3.63, 3.8) is 0 Å². The summed E-state index contributed by atoms with van der Waals surface area (Å²) in [6, 6.07) is 13.4. The minimum Gasteiger partial charge on any atom is -0.488 e. The Morgan fingerprint density at radius 2 is 1.91 bits per heavy atom. The van der Waals surface area contributed by atoms with Crippen molar-refractivity contribution in [2.75, 3.05) is 4.72 Å². The number of aryl methyl sites for hydroxylation is 1. The number of benzene rings is 2. The first-order valence-corrected chi connectivity index (χ1v) is 15.5. The Morgan fingerprint density at radius 3 is 2.65 bits per heavy atom. The van der Waals surface area contributed by atoms with E-state index in [0.717, 1.165) is 0 Å². The van der Waals surface area contributed by atoms with Crippen LogP contribution in [-0.2, 0) is 23.9 Å². The average Bonchev–Trinajstić information content (AvgIpc) is 3.74. The van der Waals surface area contributed by atoms with Crippen molar-refractivity contribution in [1.29, 1.82) is 0 Å². The summed E-state index contributed by atoms with van der Waals surface area (Å²) >= 11 is 0. The SMILES string of the molecule is C[C@@H](NC(=O)c1c(NS(N)(=O)=O)nn2cccnc12)c1c2c3c(ccc(C#Cc4cnn(C)c4)c3c(=O)n1-c1ccccc1)OC2. The van der Waals surface area contributed by atoms with E-state index in [1.807, 2.05) is 18.2 Å². The lowest BCUT2D eigenvalue weighted by Gasteiger charge is -2.23. The van der Waals surface area contributed by atoms with Crippen LogP contribution in [0.2, 0.25) is 0 Å². The monoisotopic (exact) mass is 635 g/mol. The van der Waals surface area contributed by atoms with Crippen molar-refractivity contribution in [3.05, 3.63) is 112 Å². The quantitative estimate of drug-likeness (QED) is 0.233. The van der Waals surface area contributed by atoms with E-state index in [1.54, 1.807) is 65.9 Å². The summed E-state index contributed by atoms with van der Waals surface area (Å²) in [6.45, 7) is 1.87.